The number of rotatable bonds is 6. The Balaban J connectivity index is 0.000000262. The Kier molecular flexibility index (Phi) is 7.93. The van der Waals surface area contributed by atoms with Gasteiger partial charge in [0.1, 0.15) is 11.5 Å². The zero-order valence-electron chi connectivity index (χ0n) is 17.5. The van der Waals surface area contributed by atoms with Gasteiger partial charge in [0, 0.05) is 13.1 Å². The molecular formula is C22H24FN3O7. The molecule has 0 radical (unpaired) electrons. The third-order valence-corrected chi connectivity index (χ3v) is 4.97. The predicted molar refractivity (Wildman–Crippen MR) is 114 cm³/mol. The molecule has 0 saturated carbocycles. The lowest BCUT2D eigenvalue weighted by Gasteiger charge is -2.24. The van der Waals surface area contributed by atoms with Crippen molar-refractivity contribution in [2.75, 3.05) is 13.1 Å². The molecule has 0 amide bonds. The molecular weight excluding hydrogens is 437 g/mol. The number of carbonyl (C=O) groups is 2. The second-order valence-electron chi connectivity index (χ2n) is 7.33. The third-order valence-electron chi connectivity index (χ3n) is 4.97. The molecule has 0 bridgehead atoms. The molecule has 1 aromatic heterocycles. The van der Waals surface area contributed by atoms with Crippen molar-refractivity contribution in [3.05, 3.63) is 54.3 Å². The monoisotopic (exact) mass is 461 g/mol. The van der Waals surface area contributed by atoms with E-state index in [0.717, 1.165) is 36.8 Å². The largest absolute Gasteiger partial charge is 0.479 e. The highest BCUT2D eigenvalue weighted by atomic mass is 19.1. The number of para-hydroxylation sites is 2. The molecule has 1 fully saturated rings. The Labute approximate surface area is 188 Å². The molecule has 3 aromatic rings. The van der Waals surface area contributed by atoms with Crippen LogP contribution in [0.1, 0.15) is 19.3 Å². The lowest BCUT2D eigenvalue weighted by atomic mass is 10.2. The molecule has 11 heteroatoms. The van der Waals surface area contributed by atoms with Gasteiger partial charge in [-0.1, -0.05) is 30.7 Å². The van der Waals surface area contributed by atoms with Gasteiger partial charge in [0.25, 0.3) is 5.88 Å². The number of hydroxylamine groups is 2. The van der Waals surface area contributed by atoms with Gasteiger partial charge in [-0.15, -0.1) is 10.2 Å². The van der Waals surface area contributed by atoms with Crippen LogP contribution in [-0.2, 0) is 9.59 Å². The maximum atomic E-state index is 14.2. The number of piperidine rings is 1. The number of aromatic nitrogens is 2. The highest BCUT2D eigenvalue weighted by molar-refractivity contribution is 5.86. The van der Waals surface area contributed by atoms with Crippen LogP contribution in [0.25, 0.3) is 16.6 Å². The molecule has 33 heavy (non-hydrogen) atoms. The summed E-state index contributed by atoms with van der Waals surface area (Å²) < 4.78 is 15.8. The van der Waals surface area contributed by atoms with Gasteiger partial charge in [-0.3, -0.25) is 0 Å². The van der Waals surface area contributed by atoms with E-state index in [4.69, 9.17) is 25.3 Å². The molecule has 10 nitrogen and oxygen atoms in total. The summed E-state index contributed by atoms with van der Waals surface area (Å²) in [5, 5.41) is 39.9. The van der Waals surface area contributed by atoms with Crippen molar-refractivity contribution in [2.24, 2.45) is 0 Å². The number of benzene rings is 2. The first-order valence-electron chi connectivity index (χ1n) is 10.3. The minimum Gasteiger partial charge on any atom is -0.479 e. The molecule has 2 aromatic carbocycles. The molecule has 2 atom stereocenters. The van der Waals surface area contributed by atoms with Crippen molar-refractivity contribution in [1.82, 2.24) is 14.8 Å². The minimum absolute atomic E-state index is 0.301. The second kappa shape index (κ2) is 10.9. The molecule has 1 saturated heterocycles. The van der Waals surface area contributed by atoms with Crippen LogP contribution < -0.4 is 4.84 Å². The molecule has 1 aliphatic heterocycles. The van der Waals surface area contributed by atoms with Crippen LogP contribution in [0.4, 0.5) is 4.39 Å². The highest BCUT2D eigenvalue weighted by Gasteiger charge is 2.29. The zero-order chi connectivity index (χ0) is 24.0. The first kappa shape index (κ1) is 24.1. The number of aliphatic hydroxyl groups excluding tert-OH is 2. The Morgan fingerprint density at radius 3 is 2.09 bits per heavy atom. The van der Waals surface area contributed by atoms with Gasteiger partial charge in [-0.2, -0.15) is 0 Å². The maximum Gasteiger partial charge on any atom is 0.335 e. The Morgan fingerprint density at radius 1 is 0.909 bits per heavy atom. The van der Waals surface area contributed by atoms with Crippen molar-refractivity contribution >= 4 is 22.8 Å². The Bertz CT molecular complexity index is 1100. The van der Waals surface area contributed by atoms with E-state index < -0.39 is 24.1 Å². The zero-order valence-corrected chi connectivity index (χ0v) is 17.5. The maximum absolute atomic E-state index is 14.2. The average Bonchev–Trinajstić information content (AvgIpc) is 3.17. The van der Waals surface area contributed by atoms with E-state index in [2.05, 4.69) is 5.10 Å². The summed E-state index contributed by atoms with van der Waals surface area (Å²) in [5.74, 6) is -3.30. The van der Waals surface area contributed by atoms with E-state index in [0.29, 0.717) is 11.6 Å². The number of carboxylic acid groups (broad SMARTS) is 2. The molecule has 1 aliphatic rings. The lowest BCUT2D eigenvalue weighted by Crippen LogP contribution is -2.39. The van der Waals surface area contributed by atoms with Crippen LogP contribution in [-0.4, -0.2) is 72.5 Å². The fourth-order valence-electron chi connectivity index (χ4n) is 3.26. The molecule has 4 rings (SSSR count). The van der Waals surface area contributed by atoms with Crippen molar-refractivity contribution in [3.63, 3.8) is 0 Å². The molecule has 0 aliphatic carbocycles. The number of aliphatic hydroxyl groups is 2. The van der Waals surface area contributed by atoms with Gasteiger partial charge < -0.3 is 25.3 Å². The normalized spacial score (nSPS) is 15.8. The van der Waals surface area contributed by atoms with E-state index in [1.165, 1.54) is 12.5 Å². The van der Waals surface area contributed by atoms with Gasteiger partial charge >= 0.3 is 11.9 Å². The van der Waals surface area contributed by atoms with Crippen LogP contribution in [0, 0.1) is 5.82 Å². The van der Waals surface area contributed by atoms with Gasteiger partial charge in [0.05, 0.1) is 10.9 Å². The summed E-state index contributed by atoms with van der Waals surface area (Å²) in [5.41, 5.74) is 1.27. The van der Waals surface area contributed by atoms with Gasteiger partial charge in [-0.25, -0.2) is 18.7 Å². The fourth-order valence-corrected chi connectivity index (χ4v) is 3.26. The number of hydrogen-bond acceptors (Lipinski definition) is 7. The summed E-state index contributed by atoms with van der Waals surface area (Å²) in [7, 11) is 0. The van der Waals surface area contributed by atoms with Crippen LogP contribution >= 0.6 is 0 Å². The summed E-state index contributed by atoms with van der Waals surface area (Å²) in [4.78, 5) is 25.5. The quantitative estimate of drug-likeness (QED) is 0.432. The lowest BCUT2D eigenvalue weighted by molar-refractivity contribution is -0.165. The van der Waals surface area contributed by atoms with E-state index in [1.807, 2.05) is 29.3 Å². The summed E-state index contributed by atoms with van der Waals surface area (Å²) in [6.07, 6.45) is -1.03. The van der Waals surface area contributed by atoms with Gasteiger partial charge in [0.15, 0.2) is 12.2 Å². The van der Waals surface area contributed by atoms with E-state index in [9.17, 15) is 14.0 Å². The number of carboxylic acids is 2. The SMILES string of the molecule is Fc1ccccc1-n1nc(ON2CCCCC2)c2ccccc21.O=C(O)[C@H](O)[C@@H](O)C(=O)O. The molecule has 2 heterocycles. The van der Waals surface area contributed by atoms with Crippen molar-refractivity contribution in [2.45, 2.75) is 31.5 Å². The standard InChI is InChI=1S/C18H18FN3O.C4H6O6/c19-15-9-3-5-11-17(15)22-16-10-4-2-8-14(16)18(20-22)23-21-12-6-1-7-13-21;5-1(3(7)8)2(6)4(9)10/h2-5,8-11H,1,6-7,12-13H2;1-2,5-6H,(H,7,8)(H,9,10)/t;1-,2-/m.1/s1. The van der Waals surface area contributed by atoms with E-state index in [-0.39, 0.29) is 5.82 Å². The number of aliphatic carboxylic acids is 2. The van der Waals surface area contributed by atoms with Gasteiger partial charge in [-0.05, 0) is 37.1 Å². The fraction of sp³-hybridized carbons (Fsp3) is 0.318. The highest BCUT2D eigenvalue weighted by Crippen LogP contribution is 2.29. The molecule has 4 N–H and O–H groups in total. The Morgan fingerprint density at radius 2 is 1.48 bits per heavy atom. The first-order valence-corrected chi connectivity index (χ1v) is 10.3. The first-order chi connectivity index (χ1) is 15.8. The third kappa shape index (κ3) is 5.83. The summed E-state index contributed by atoms with van der Waals surface area (Å²) >= 11 is 0. The van der Waals surface area contributed by atoms with Crippen LogP contribution in [0.15, 0.2) is 48.5 Å². The number of halogens is 1. The Hall–Kier alpha value is -3.54. The molecule has 0 unspecified atom stereocenters. The minimum atomic E-state index is -2.27. The number of fused-ring (bicyclic) bond motifs is 1. The van der Waals surface area contributed by atoms with E-state index >= 15 is 0 Å². The summed E-state index contributed by atoms with van der Waals surface area (Å²) in [6.45, 7) is 1.81. The van der Waals surface area contributed by atoms with Crippen LogP contribution in [0.3, 0.4) is 0 Å². The van der Waals surface area contributed by atoms with Crippen molar-refractivity contribution < 1.29 is 39.2 Å². The molecule has 176 valence electrons. The number of hydrogen-bond donors (Lipinski definition) is 4. The smallest absolute Gasteiger partial charge is 0.335 e. The van der Waals surface area contributed by atoms with Crippen LogP contribution in [0.5, 0.6) is 5.88 Å². The van der Waals surface area contributed by atoms with Gasteiger partial charge in [0.2, 0.25) is 0 Å². The second-order valence-corrected chi connectivity index (χ2v) is 7.33. The topological polar surface area (TPSA) is 145 Å². The van der Waals surface area contributed by atoms with Crippen molar-refractivity contribution in [3.8, 4) is 11.6 Å². The summed E-state index contributed by atoms with van der Waals surface area (Å²) in [6, 6.07) is 14.4. The molecule has 0 spiro atoms. The van der Waals surface area contributed by atoms with E-state index in [1.54, 1.807) is 22.9 Å². The van der Waals surface area contributed by atoms with Crippen LogP contribution in [0.2, 0.25) is 0 Å². The average molecular weight is 461 g/mol. The van der Waals surface area contributed by atoms with Crippen molar-refractivity contribution in [1.29, 1.82) is 0 Å². The predicted octanol–water partition coefficient (Wildman–Crippen LogP) is 1.82. The number of nitrogens with zero attached hydrogens (tertiary/aromatic N) is 3.